The van der Waals surface area contributed by atoms with E-state index in [9.17, 15) is 4.39 Å². The van der Waals surface area contributed by atoms with Gasteiger partial charge in [-0.3, -0.25) is 0 Å². The minimum atomic E-state index is -0.208. The lowest BCUT2D eigenvalue weighted by Gasteiger charge is -2.15. The Morgan fingerprint density at radius 2 is 2.19 bits per heavy atom. The summed E-state index contributed by atoms with van der Waals surface area (Å²) in [6.45, 7) is 2.90. The molecule has 0 bridgehead atoms. The predicted molar refractivity (Wildman–Crippen MR) is 68.4 cm³/mol. The highest BCUT2D eigenvalue weighted by molar-refractivity contribution is 9.09. The third kappa shape index (κ3) is 4.62. The Bertz CT molecular complexity index is 304. The van der Waals surface area contributed by atoms with E-state index in [4.69, 9.17) is 4.74 Å². The zero-order valence-corrected chi connectivity index (χ0v) is 11.2. The first-order valence-electron chi connectivity index (χ1n) is 5.71. The third-order valence-electron chi connectivity index (χ3n) is 2.43. The summed E-state index contributed by atoms with van der Waals surface area (Å²) in [5.74, 6) is -0.208. The molecule has 0 spiro atoms. The summed E-state index contributed by atoms with van der Waals surface area (Å²) in [5, 5.41) is 0.697. The first-order chi connectivity index (χ1) is 7.77. The van der Waals surface area contributed by atoms with Crippen molar-refractivity contribution in [2.45, 2.75) is 32.3 Å². The summed E-state index contributed by atoms with van der Waals surface area (Å²) in [4.78, 5) is 0. The van der Waals surface area contributed by atoms with Crippen LogP contribution in [0.25, 0.3) is 0 Å². The van der Waals surface area contributed by atoms with Gasteiger partial charge in [-0.05, 0) is 24.1 Å². The minimum Gasteiger partial charge on any atom is -0.373 e. The van der Waals surface area contributed by atoms with Crippen molar-refractivity contribution in [2.24, 2.45) is 0 Å². The van der Waals surface area contributed by atoms with Crippen LogP contribution in [0.4, 0.5) is 4.39 Å². The van der Waals surface area contributed by atoms with Gasteiger partial charge in [0.1, 0.15) is 5.82 Å². The zero-order chi connectivity index (χ0) is 11.8. The number of rotatable bonds is 7. The van der Waals surface area contributed by atoms with Crippen LogP contribution in [0.2, 0.25) is 0 Å². The number of unbranched alkanes of at least 4 members (excludes halogenated alkanes) is 2. The van der Waals surface area contributed by atoms with E-state index < -0.39 is 0 Å². The van der Waals surface area contributed by atoms with E-state index in [0.29, 0.717) is 5.33 Å². The molecular weight excluding hydrogens is 271 g/mol. The zero-order valence-electron chi connectivity index (χ0n) is 9.59. The van der Waals surface area contributed by atoms with Gasteiger partial charge in [0.2, 0.25) is 0 Å². The van der Waals surface area contributed by atoms with E-state index in [1.54, 1.807) is 6.07 Å². The Kier molecular flexibility index (Phi) is 6.65. The molecule has 0 aliphatic heterocycles. The summed E-state index contributed by atoms with van der Waals surface area (Å²) >= 11 is 3.40. The smallest absolute Gasteiger partial charge is 0.123 e. The Labute approximate surface area is 105 Å². The number of halogens is 2. The quantitative estimate of drug-likeness (QED) is 0.531. The van der Waals surface area contributed by atoms with Gasteiger partial charge in [0.05, 0.1) is 6.10 Å². The van der Waals surface area contributed by atoms with Gasteiger partial charge in [-0.1, -0.05) is 47.8 Å². The van der Waals surface area contributed by atoms with Gasteiger partial charge in [-0.25, -0.2) is 4.39 Å². The van der Waals surface area contributed by atoms with Crippen molar-refractivity contribution < 1.29 is 9.13 Å². The van der Waals surface area contributed by atoms with Gasteiger partial charge in [-0.2, -0.15) is 0 Å². The summed E-state index contributed by atoms with van der Waals surface area (Å²) in [5.41, 5.74) is 0.897. The molecule has 16 heavy (non-hydrogen) atoms. The lowest BCUT2D eigenvalue weighted by Crippen LogP contribution is -2.07. The largest absolute Gasteiger partial charge is 0.373 e. The maximum Gasteiger partial charge on any atom is 0.123 e. The highest BCUT2D eigenvalue weighted by atomic mass is 79.9. The van der Waals surface area contributed by atoms with Crippen molar-refractivity contribution >= 4 is 15.9 Å². The molecule has 0 aromatic heterocycles. The lowest BCUT2D eigenvalue weighted by atomic mass is 10.1. The van der Waals surface area contributed by atoms with Crippen molar-refractivity contribution in [1.82, 2.24) is 0 Å². The van der Waals surface area contributed by atoms with E-state index in [-0.39, 0.29) is 11.9 Å². The molecule has 0 heterocycles. The van der Waals surface area contributed by atoms with Gasteiger partial charge in [0.25, 0.3) is 0 Å². The van der Waals surface area contributed by atoms with E-state index in [1.165, 1.54) is 25.0 Å². The molecule has 1 aromatic carbocycles. The second kappa shape index (κ2) is 7.80. The second-order valence-corrected chi connectivity index (χ2v) is 4.42. The van der Waals surface area contributed by atoms with E-state index >= 15 is 0 Å². The minimum absolute atomic E-state index is 0.0486. The molecule has 0 aliphatic rings. The molecular formula is C13H18BrFO. The molecule has 1 nitrogen and oxygen atoms in total. The number of hydrogen-bond donors (Lipinski definition) is 0. The fourth-order valence-corrected chi connectivity index (χ4v) is 2.08. The van der Waals surface area contributed by atoms with E-state index in [2.05, 4.69) is 22.9 Å². The fourth-order valence-electron chi connectivity index (χ4n) is 1.51. The van der Waals surface area contributed by atoms with Crippen LogP contribution in [0, 0.1) is 5.82 Å². The number of alkyl halides is 1. The highest BCUT2D eigenvalue weighted by Crippen LogP contribution is 2.20. The van der Waals surface area contributed by atoms with Crippen LogP contribution in [0.5, 0.6) is 0 Å². The third-order valence-corrected chi connectivity index (χ3v) is 3.02. The summed E-state index contributed by atoms with van der Waals surface area (Å²) in [6, 6.07) is 6.60. The highest BCUT2D eigenvalue weighted by Gasteiger charge is 2.10. The maximum absolute atomic E-state index is 13.0. The van der Waals surface area contributed by atoms with Crippen LogP contribution >= 0.6 is 15.9 Å². The first-order valence-corrected chi connectivity index (χ1v) is 6.83. The Morgan fingerprint density at radius 1 is 1.38 bits per heavy atom. The topological polar surface area (TPSA) is 9.23 Å². The van der Waals surface area contributed by atoms with E-state index in [1.807, 2.05) is 6.07 Å². The number of benzene rings is 1. The van der Waals surface area contributed by atoms with Crippen LogP contribution in [0.1, 0.15) is 37.9 Å². The lowest BCUT2D eigenvalue weighted by molar-refractivity contribution is 0.0668. The van der Waals surface area contributed by atoms with Crippen LogP contribution < -0.4 is 0 Å². The molecule has 0 N–H and O–H groups in total. The van der Waals surface area contributed by atoms with Gasteiger partial charge in [0, 0.05) is 11.9 Å². The maximum atomic E-state index is 13.0. The molecule has 0 aliphatic carbocycles. The molecule has 1 atom stereocenters. The SMILES string of the molecule is CCCCCOC(CBr)c1cccc(F)c1. The summed E-state index contributed by atoms with van der Waals surface area (Å²) in [6.07, 6.45) is 3.38. The van der Waals surface area contributed by atoms with Crippen molar-refractivity contribution in [1.29, 1.82) is 0 Å². The normalized spacial score (nSPS) is 12.7. The van der Waals surface area contributed by atoms with Crippen LogP contribution in [-0.2, 0) is 4.74 Å². The Morgan fingerprint density at radius 3 is 2.81 bits per heavy atom. The van der Waals surface area contributed by atoms with Gasteiger partial charge >= 0.3 is 0 Å². The molecule has 0 fully saturated rings. The molecule has 0 amide bonds. The monoisotopic (exact) mass is 288 g/mol. The van der Waals surface area contributed by atoms with Gasteiger partial charge in [-0.15, -0.1) is 0 Å². The van der Waals surface area contributed by atoms with Gasteiger partial charge < -0.3 is 4.74 Å². The Hall–Kier alpha value is -0.410. The van der Waals surface area contributed by atoms with Crippen molar-refractivity contribution in [3.8, 4) is 0 Å². The number of ether oxygens (including phenoxy) is 1. The molecule has 1 unspecified atom stereocenters. The fraction of sp³-hybridized carbons (Fsp3) is 0.538. The van der Waals surface area contributed by atoms with Crippen LogP contribution in [0.3, 0.4) is 0 Å². The molecule has 0 saturated carbocycles. The van der Waals surface area contributed by atoms with Crippen molar-refractivity contribution in [3.05, 3.63) is 35.6 Å². The molecule has 1 rings (SSSR count). The average molecular weight is 289 g/mol. The molecule has 0 saturated heterocycles. The summed E-state index contributed by atoms with van der Waals surface area (Å²) in [7, 11) is 0. The van der Waals surface area contributed by atoms with Crippen LogP contribution in [0.15, 0.2) is 24.3 Å². The first kappa shape index (κ1) is 13.7. The molecule has 3 heteroatoms. The molecule has 1 aromatic rings. The van der Waals surface area contributed by atoms with Crippen molar-refractivity contribution in [3.63, 3.8) is 0 Å². The Balaban J connectivity index is 2.47. The number of hydrogen-bond acceptors (Lipinski definition) is 1. The van der Waals surface area contributed by atoms with E-state index in [0.717, 1.165) is 18.6 Å². The summed E-state index contributed by atoms with van der Waals surface area (Å²) < 4.78 is 18.8. The average Bonchev–Trinajstić information content (AvgIpc) is 2.29. The predicted octanol–water partition coefficient (Wildman–Crippen LogP) is 4.47. The molecule has 0 radical (unpaired) electrons. The molecule has 90 valence electrons. The second-order valence-electron chi connectivity index (χ2n) is 3.78. The standard InChI is InChI=1S/C13H18BrFO/c1-2-3-4-8-16-13(10-14)11-6-5-7-12(15)9-11/h5-7,9,13H,2-4,8,10H2,1H3. The van der Waals surface area contributed by atoms with Gasteiger partial charge in [0.15, 0.2) is 0 Å². The van der Waals surface area contributed by atoms with Crippen molar-refractivity contribution in [2.75, 3.05) is 11.9 Å². The van der Waals surface area contributed by atoms with Crippen LogP contribution in [-0.4, -0.2) is 11.9 Å².